The second-order valence-corrected chi connectivity index (χ2v) is 16.2. The summed E-state index contributed by atoms with van der Waals surface area (Å²) in [7, 11) is 0. The molecule has 5 aromatic rings. The Morgan fingerprint density at radius 3 is 2.60 bits per heavy atom. The molecule has 4 fully saturated rings. The van der Waals surface area contributed by atoms with Gasteiger partial charge in [0.1, 0.15) is 23.6 Å². The molecule has 4 aromatic heterocycles. The molecule has 2 saturated carbocycles. The summed E-state index contributed by atoms with van der Waals surface area (Å²) in [6.07, 6.45) is 14.7. The lowest BCUT2D eigenvalue weighted by molar-refractivity contribution is -0.120. The third kappa shape index (κ3) is 7.06. The number of imide groups is 1. The molecule has 9 rings (SSSR count). The first-order chi connectivity index (χ1) is 27.7. The van der Waals surface area contributed by atoms with Crippen molar-refractivity contribution in [3.63, 3.8) is 0 Å². The second-order valence-electron chi connectivity index (χ2n) is 16.2. The van der Waals surface area contributed by atoms with Gasteiger partial charge in [-0.15, -0.1) is 5.10 Å². The molecule has 15 nitrogen and oxygen atoms in total. The number of nitriles is 2. The SMILES string of the molecule is C[C@H](C#N)Nc1cc(-n2ncc3cc(C#N)cnc32)ncc1-n1cc(C2CCC(CCN3CC4(CC(c5ccc(N6CCC(=O)NC6=O)c(F)c5)C4)C3)CC2)nn1. The van der Waals surface area contributed by atoms with Crippen molar-refractivity contribution in [3.8, 4) is 23.6 Å². The number of hydrogen-bond donors (Lipinski definition) is 2. The molecule has 290 valence electrons. The van der Waals surface area contributed by atoms with E-state index in [-0.39, 0.29) is 24.6 Å². The van der Waals surface area contributed by atoms with Crippen LogP contribution in [-0.2, 0) is 4.79 Å². The number of benzene rings is 1. The summed E-state index contributed by atoms with van der Waals surface area (Å²) >= 11 is 0. The van der Waals surface area contributed by atoms with Crippen LogP contribution < -0.4 is 15.5 Å². The smallest absolute Gasteiger partial charge is 0.328 e. The minimum absolute atomic E-state index is 0.166. The van der Waals surface area contributed by atoms with Gasteiger partial charge in [0.2, 0.25) is 5.91 Å². The lowest BCUT2D eigenvalue weighted by atomic mass is 9.56. The van der Waals surface area contributed by atoms with E-state index in [1.54, 1.807) is 46.9 Å². The number of rotatable bonds is 10. The van der Waals surface area contributed by atoms with Crippen LogP contribution in [0.4, 0.5) is 20.6 Å². The van der Waals surface area contributed by atoms with Crippen LogP contribution in [0, 0.1) is 39.8 Å². The van der Waals surface area contributed by atoms with Crippen LogP contribution in [0.3, 0.4) is 0 Å². The molecule has 1 aromatic carbocycles. The number of urea groups is 1. The number of carbonyl (C=O) groups is 2. The Balaban J connectivity index is 0.761. The van der Waals surface area contributed by atoms with Crippen molar-refractivity contribution >= 4 is 34.3 Å². The summed E-state index contributed by atoms with van der Waals surface area (Å²) in [5.74, 6) is 1.11. The maximum Gasteiger partial charge on any atom is 0.328 e. The Hall–Kier alpha value is -6.26. The number of pyridine rings is 2. The topological polar surface area (TPSA) is 187 Å². The van der Waals surface area contributed by atoms with Gasteiger partial charge in [0.15, 0.2) is 11.5 Å². The number of aromatic nitrogens is 7. The van der Waals surface area contributed by atoms with E-state index in [0.717, 1.165) is 74.8 Å². The Kier molecular flexibility index (Phi) is 9.37. The van der Waals surface area contributed by atoms with E-state index in [4.69, 9.17) is 0 Å². The zero-order valence-electron chi connectivity index (χ0n) is 31.6. The fraction of sp³-hybridized carbons (Fsp3) is 0.439. The number of nitrogens with one attached hydrogen (secondary N) is 2. The highest BCUT2D eigenvalue weighted by Gasteiger charge is 2.52. The number of likely N-dealkylation sites (tertiary alicyclic amines) is 1. The molecule has 3 amide bonds. The van der Waals surface area contributed by atoms with E-state index in [9.17, 15) is 20.1 Å². The van der Waals surface area contributed by atoms with Crippen molar-refractivity contribution in [2.45, 2.75) is 76.2 Å². The highest BCUT2D eigenvalue weighted by atomic mass is 19.1. The lowest BCUT2D eigenvalue weighted by Crippen LogP contribution is -2.61. The first kappa shape index (κ1) is 36.4. The van der Waals surface area contributed by atoms with Crippen molar-refractivity contribution in [1.29, 1.82) is 10.5 Å². The van der Waals surface area contributed by atoms with Gasteiger partial charge in [-0.2, -0.15) is 20.3 Å². The molecular formula is C41H42FN13O2. The number of fused-ring (bicyclic) bond motifs is 1. The van der Waals surface area contributed by atoms with Gasteiger partial charge in [-0.05, 0) is 99.4 Å². The first-order valence-corrected chi connectivity index (χ1v) is 19.6. The quantitative estimate of drug-likeness (QED) is 0.177. The molecule has 2 saturated heterocycles. The zero-order chi connectivity index (χ0) is 39.3. The van der Waals surface area contributed by atoms with Crippen molar-refractivity contribution in [1.82, 2.24) is 45.0 Å². The highest BCUT2D eigenvalue weighted by Crippen LogP contribution is 2.56. The van der Waals surface area contributed by atoms with Gasteiger partial charge < -0.3 is 10.2 Å². The molecule has 1 atom stereocenters. The van der Waals surface area contributed by atoms with Crippen LogP contribution in [0.5, 0.6) is 0 Å². The average Bonchev–Trinajstić information content (AvgIpc) is 3.85. The van der Waals surface area contributed by atoms with Crippen molar-refractivity contribution in [2.24, 2.45) is 11.3 Å². The van der Waals surface area contributed by atoms with Gasteiger partial charge in [-0.3, -0.25) is 15.0 Å². The van der Waals surface area contributed by atoms with Gasteiger partial charge in [0.05, 0.1) is 47.3 Å². The molecule has 2 N–H and O–H groups in total. The number of hydrogen-bond acceptors (Lipinski definition) is 11. The summed E-state index contributed by atoms with van der Waals surface area (Å²) in [6.45, 7) is 5.27. The van der Waals surface area contributed by atoms with Crippen LogP contribution >= 0.6 is 0 Å². The predicted octanol–water partition coefficient (Wildman–Crippen LogP) is 5.72. The molecule has 2 aliphatic carbocycles. The molecule has 1 spiro atoms. The summed E-state index contributed by atoms with van der Waals surface area (Å²) in [5.41, 5.74) is 4.85. The highest BCUT2D eigenvalue weighted by molar-refractivity contribution is 6.05. The Bertz CT molecular complexity index is 2440. The first-order valence-electron chi connectivity index (χ1n) is 19.6. The number of amides is 3. The predicted molar refractivity (Wildman–Crippen MR) is 207 cm³/mol. The monoisotopic (exact) mass is 767 g/mol. The van der Waals surface area contributed by atoms with Gasteiger partial charge in [-0.1, -0.05) is 11.3 Å². The molecule has 0 bridgehead atoms. The van der Waals surface area contributed by atoms with Crippen molar-refractivity contribution < 1.29 is 14.0 Å². The Morgan fingerprint density at radius 2 is 1.84 bits per heavy atom. The Labute approximate surface area is 328 Å². The minimum atomic E-state index is -0.571. The van der Waals surface area contributed by atoms with E-state index < -0.39 is 17.9 Å². The third-order valence-corrected chi connectivity index (χ3v) is 12.3. The van der Waals surface area contributed by atoms with Crippen LogP contribution in [-0.4, -0.2) is 83.8 Å². The van der Waals surface area contributed by atoms with Crippen molar-refractivity contribution in [2.75, 3.05) is 36.4 Å². The van der Waals surface area contributed by atoms with Gasteiger partial charge in [0.25, 0.3) is 0 Å². The number of anilines is 2. The van der Waals surface area contributed by atoms with Crippen molar-refractivity contribution in [3.05, 3.63) is 77.8 Å². The molecule has 2 aliphatic heterocycles. The maximum absolute atomic E-state index is 15.1. The van der Waals surface area contributed by atoms with Gasteiger partial charge in [-0.25, -0.2) is 23.8 Å². The zero-order valence-corrected chi connectivity index (χ0v) is 31.6. The van der Waals surface area contributed by atoms with Crippen LogP contribution in [0.25, 0.3) is 22.5 Å². The second kappa shape index (κ2) is 14.7. The average molecular weight is 768 g/mol. The molecule has 0 unspecified atom stereocenters. The number of nitrogens with zero attached hydrogens (tertiary/aromatic N) is 11. The lowest BCUT2D eigenvalue weighted by Gasteiger charge is -2.59. The molecule has 57 heavy (non-hydrogen) atoms. The fourth-order valence-electron chi connectivity index (χ4n) is 9.29. The summed E-state index contributed by atoms with van der Waals surface area (Å²) in [6, 6.07) is 12.0. The van der Waals surface area contributed by atoms with E-state index in [1.165, 1.54) is 17.5 Å². The normalized spacial score (nSPS) is 21.4. The van der Waals surface area contributed by atoms with Gasteiger partial charge in [0, 0.05) is 49.6 Å². The standard InChI is InChI=1S/C41H42FN13O2/c1-25(17-43)48-33-14-37(55-39-30(20-47-55)12-27(18-44)19-46-39)45-21-36(33)54-22-34(50-51-54)28-4-2-26(3-5-28)8-10-52-23-41(24-52)15-31(16-41)29-6-7-35(32(42)13-29)53-11-9-38(56)49-40(53)57/h6-7,12-14,19-22,25-26,28,31H,2-5,8-11,15-16,23-24H2,1H3,(H,45,48)(H,49,56,57)/t25-,26?,28?/m1/s1. The molecular weight excluding hydrogens is 726 g/mol. The van der Waals surface area contributed by atoms with Crippen LogP contribution in [0.1, 0.15) is 86.9 Å². The number of halogens is 1. The van der Waals surface area contributed by atoms with Crippen LogP contribution in [0.2, 0.25) is 0 Å². The largest absolute Gasteiger partial charge is 0.368 e. The Morgan fingerprint density at radius 1 is 1.02 bits per heavy atom. The molecule has 4 aliphatic rings. The van der Waals surface area contributed by atoms with Crippen LogP contribution in [0.15, 0.2) is 55.1 Å². The van der Waals surface area contributed by atoms with E-state index >= 15 is 4.39 Å². The number of carbonyl (C=O) groups excluding carboxylic acids is 2. The fourth-order valence-corrected chi connectivity index (χ4v) is 9.29. The summed E-state index contributed by atoms with van der Waals surface area (Å²) < 4.78 is 18.4. The van der Waals surface area contributed by atoms with E-state index in [0.29, 0.717) is 51.6 Å². The summed E-state index contributed by atoms with van der Waals surface area (Å²) in [4.78, 5) is 36.6. The maximum atomic E-state index is 15.1. The minimum Gasteiger partial charge on any atom is -0.368 e. The van der Waals surface area contributed by atoms with Gasteiger partial charge >= 0.3 is 6.03 Å². The summed E-state index contributed by atoms with van der Waals surface area (Å²) in [5, 5.41) is 38.6. The molecule has 0 radical (unpaired) electrons. The molecule has 6 heterocycles. The third-order valence-electron chi connectivity index (χ3n) is 12.3. The van der Waals surface area contributed by atoms with E-state index in [2.05, 4.69) is 53.1 Å². The van der Waals surface area contributed by atoms with E-state index in [1.807, 2.05) is 18.3 Å². The molecule has 16 heteroatoms.